The zero-order chi connectivity index (χ0) is 42.0. The number of nitrogens with one attached hydrogen (secondary N) is 3. The average Bonchev–Trinajstić information content (AvgIpc) is 3.71. The molecule has 316 valence electrons. The van der Waals surface area contributed by atoms with Crippen LogP contribution in [0.1, 0.15) is 80.3 Å². The van der Waals surface area contributed by atoms with Crippen LogP contribution in [0.15, 0.2) is 102 Å². The van der Waals surface area contributed by atoms with Crippen LogP contribution in [-0.4, -0.2) is 76.2 Å². The number of methoxy groups -OCH3 is 1. The molecule has 2 heterocycles. The monoisotopic (exact) mass is 849 g/mol. The third-order valence-corrected chi connectivity index (χ3v) is 14.2. The number of aryl methyl sites for hydroxylation is 1. The number of anilines is 2. The van der Waals surface area contributed by atoms with E-state index in [1.54, 1.807) is 31.4 Å². The van der Waals surface area contributed by atoms with E-state index in [0.717, 1.165) is 104 Å². The minimum atomic E-state index is -4.21. The second-order valence-electron chi connectivity index (χ2n) is 17.5. The van der Waals surface area contributed by atoms with Crippen LogP contribution in [0.4, 0.5) is 11.4 Å². The molecule has 4 aromatic carbocycles. The van der Waals surface area contributed by atoms with Gasteiger partial charge in [0.2, 0.25) is 0 Å². The van der Waals surface area contributed by atoms with Crippen molar-refractivity contribution < 1.29 is 22.7 Å². The van der Waals surface area contributed by atoms with Crippen molar-refractivity contribution in [2.24, 2.45) is 5.41 Å². The summed E-state index contributed by atoms with van der Waals surface area (Å²) in [4.78, 5) is 22.0. The quantitative estimate of drug-likeness (QED) is 0.114. The number of hydrogen-bond acceptors (Lipinski definition) is 8. The maximum Gasteiger partial charge on any atom is 0.268 e. The number of benzene rings is 4. The third-order valence-electron chi connectivity index (χ3n) is 12.6. The molecule has 0 atom stereocenters. The molecule has 0 radical (unpaired) electrons. The van der Waals surface area contributed by atoms with E-state index in [0.29, 0.717) is 17.9 Å². The first-order chi connectivity index (χ1) is 28.8. The number of piperazine rings is 1. The number of amides is 1. The van der Waals surface area contributed by atoms with Crippen molar-refractivity contribution in [1.82, 2.24) is 14.6 Å². The molecule has 1 saturated heterocycles. The van der Waals surface area contributed by atoms with Gasteiger partial charge in [-0.25, -0.2) is 13.1 Å². The molecular formula is C48H56ClN5O5S. The van der Waals surface area contributed by atoms with Gasteiger partial charge in [-0.05, 0) is 141 Å². The number of sulfonamides is 1. The number of H-pyrrole nitrogens is 1. The molecule has 1 aliphatic heterocycles. The highest BCUT2D eigenvalue weighted by atomic mass is 35.5. The standard InChI is InChI=1S/C48H56ClN5O5S/c1-32-27-41(15-18-44(32)51-37-9-12-39(58-4)13-10-37)60(56,57)52-47(55)42-16-11-38(29-46(42)59-40-14-17-45-34(28-40)20-22-50-45)54-25-23-53(24-26-54)31-35-19-21-48(2,3)30-43(35)33-5-7-36(49)8-6-33/h5-8,11,14-18,20,22,27-29,37,39,50-51H,9-10,12-13,19,21,23-26,30-31H2,1-4H3,(H,52,55). The van der Waals surface area contributed by atoms with Crippen LogP contribution in [0.3, 0.4) is 0 Å². The fraction of sp³-hybridized carbons (Fsp3) is 0.396. The Morgan fingerprint density at radius 1 is 0.917 bits per heavy atom. The Kier molecular flexibility index (Phi) is 12.3. The molecule has 10 nitrogen and oxygen atoms in total. The first-order valence-electron chi connectivity index (χ1n) is 21.1. The maximum absolute atomic E-state index is 14.0. The number of halogens is 1. The summed E-state index contributed by atoms with van der Waals surface area (Å²) in [5.41, 5.74) is 8.12. The van der Waals surface area contributed by atoms with Crippen molar-refractivity contribution in [3.8, 4) is 11.5 Å². The Hall–Kier alpha value is -4.81. The summed E-state index contributed by atoms with van der Waals surface area (Å²) >= 11 is 6.25. The number of carbonyl (C=O) groups excluding carboxylic acids is 1. The minimum absolute atomic E-state index is 0.0184. The predicted octanol–water partition coefficient (Wildman–Crippen LogP) is 10.2. The third kappa shape index (κ3) is 9.70. The average molecular weight is 851 g/mol. The van der Waals surface area contributed by atoms with Crippen molar-refractivity contribution >= 4 is 55.4 Å². The first-order valence-corrected chi connectivity index (χ1v) is 23.0. The van der Waals surface area contributed by atoms with E-state index < -0.39 is 15.9 Å². The van der Waals surface area contributed by atoms with Gasteiger partial charge in [0.15, 0.2) is 0 Å². The summed E-state index contributed by atoms with van der Waals surface area (Å²) in [6.07, 6.45) is 9.39. The Balaban J connectivity index is 0.986. The van der Waals surface area contributed by atoms with E-state index in [-0.39, 0.29) is 21.6 Å². The zero-order valence-corrected chi connectivity index (χ0v) is 36.6. The number of carbonyl (C=O) groups is 1. The van der Waals surface area contributed by atoms with E-state index in [2.05, 4.69) is 50.8 Å². The van der Waals surface area contributed by atoms with E-state index in [1.165, 1.54) is 23.1 Å². The van der Waals surface area contributed by atoms with Crippen molar-refractivity contribution in [3.63, 3.8) is 0 Å². The Bertz CT molecular complexity index is 2480. The fourth-order valence-electron chi connectivity index (χ4n) is 8.96. The molecule has 8 rings (SSSR count). The van der Waals surface area contributed by atoms with Gasteiger partial charge in [0.05, 0.1) is 16.6 Å². The molecule has 1 saturated carbocycles. The largest absolute Gasteiger partial charge is 0.456 e. The van der Waals surface area contributed by atoms with Crippen LogP contribution in [0.5, 0.6) is 11.5 Å². The number of aromatic nitrogens is 1. The van der Waals surface area contributed by atoms with Gasteiger partial charge in [0.25, 0.3) is 15.9 Å². The lowest BCUT2D eigenvalue weighted by molar-refractivity contribution is 0.0682. The van der Waals surface area contributed by atoms with Gasteiger partial charge in [0, 0.05) is 85.4 Å². The van der Waals surface area contributed by atoms with Crippen molar-refractivity contribution in [3.05, 3.63) is 118 Å². The molecule has 1 aromatic heterocycles. The molecule has 0 spiro atoms. The Morgan fingerprint density at radius 2 is 1.68 bits per heavy atom. The van der Waals surface area contributed by atoms with Gasteiger partial charge >= 0.3 is 0 Å². The van der Waals surface area contributed by atoms with Gasteiger partial charge in [0.1, 0.15) is 11.5 Å². The Labute approximate surface area is 359 Å². The van der Waals surface area contributed by atoms with Crippen LogP contribution < -0.4 is 19.7 Å². The number of allylic oxidation sites excluding steroid dienone is 1. The van der Waals surface area contributed by atoms with Gasteiger partial charge in [-0.2, -0.15) is 0 Å². The van der Waals surface area contributed by atoms with Crippen molar-refractivity contribution in [2.45, 2.75) is 82.8 Å². The molecule has 0 unspecified atom stereocenters. The van der Waals surface area contributed by atoms with Crippen LogP contribution in [0, 0.1) is 12.3 Å². The highest BCUT2D eigenvalue weighted by Crippen LogP contribution is 2.43. The molecule has 3 N–H and O–H groups in total. The topological polar surface area (TPSA) is 116 Å². The predicted molar refractivity (Wildman–Crippen MR) is 242 cm³/mol. The molecule has 2 aliphatic carbocycles. The SMILES string of the molecule is COC1CCC(Nc2ccc(S(=O)(=O)NC(=O)c3ccc(N4CCN(CC5=C(c6ccc(Cl)cc6)CC(C)(C)CC5)CC4)cc3Oc3ccc4[nH]ccc4c3)cc2C)CC1. The normalized spacial score (nSPS) is 20.0. The maximum atomic E-state index is 14.0. The number of hydrogen-bond donors (Lipinski definition) is 3. The molecule has 1 amide bonds. The second-order valence-corrected chi connectivity index (χ2v) is 19.6. The number of nitrogens with zero attached hydrogens (tertiary/aromatic N) is 2. The summed E-state index contributed by atoms with van der Waals surface area (Å²) in [7, 11) is -2.45. The molecular weight excluding hydrogens is 794 g/mol. The fourth-order valence-corrected chi connectivity index (χ4v) is 10.1. The van der Waals surface area contributed by atoms with E-state index in [9.17, 15) is 13.2 Å². The van der Waals surface area contributed by atoms with Crippen molar-refractivity contribution in [2.75, 3.05) is 50.1 Å². The lowest BCUT2D eigenvalue weighted by Crippen LogP contribution is -2.47. The lowest BCUT2D eigenvalue weighted by atomic mass is 9.72. The minimum Gasteiger partial charge on any atom is -0.456 e. The number of ether oxygens (including phenoxy) is 2. The van der Waals surface area contributed by atoms with Crippen LogP contribution in [0.25, 0.3) is 16.5 Å². The Morgan fingerprint density at radius 3 is 2.42 bits per heavy atom. The van der Waals surface area contributed by atoms with Crippen molar-refractivity contribution in [1.29, 1.82) is 0 Å². The molecule has 60 heavy (non-hydrogen) atoms. The highest BCUT2D eigenvalue weighted by Gasteiger charge is 2.30. The zero-order valence-electron chi connectivity index (χ0n) is 35.0. The molecule has 3 aliphatic rings. The van der Waals surface area contributed by atoms with Crippen LogP contribution >= 0.6 is 11.6 Å². The van der Waals surface area contributed by atoms with Crippen LogP contribution in [-0.2, 0) is 14.8 Å². The summed E-state index contributed by atoms with van der Waals surface area (Å²) < 4.78 is 41.7. The molecule has 2 fully saturated rings. The van der Waals surface area contributed by atoms with Gasteiger partial charge in [-0.15, -0.1) is 0 Å². The van der Waals surface area contributed by atoms with Gasteiger partial charge in [-0.1, -0.05) is 43.2 Å². The second kappa shape index (κ2) is 17.7. The van der Waals surface area contributed by atoms with E-state index in [1.807, 2.05) is 61.7 Å². The summed E-state index contributed by atoms with van der Waals surface area (Å²) in [5.74, 6) is 0.0501. The molecule has 5 aromatic rings. The summed E-state index contributed by atoms with van der Waals surface area (Å²) in [6.45, 7) is 10.9. The van der Waals surface area contributed by atoms with Crippen LogP contribution in [0.2, 0.25) is 5.02 Å². The number of rotatable bonds is 12. The van der Waals surface area contributed by atoms with E-state index >= 15 is 0 Å². The lowest BCUT2D eigenvalue weighted by Gasteiger charge is -2.39. The van der Waals surface area contributed by atoms with Gasteiger partial charge in [-0.3, -0.25) is 9.69 Å². The summed E-state index contributed by atoms with van der Waals surface area (Å²) in [5, 5.41) is 5.29. The molecule has 0 bridgehead atoms. The highest BCUT2D eigenvalue weighted by molar-refractivity contribution is 7.90. The molecule has 12 heteroatoms. The first kappa shape index (κ1) is 41.9. The van der Waals surface area contributed by atoms with E-state index in [4.69, 9.17) is 21.1 Å². The smallest absolute Gasteiger partial charge is 0.268 e. The van der Waals surface area contributed by atoms with Gasteiger partial charge < -0.3 is 24.7 Å². The number of fused-ring (bicyclic) bond motifs is 1. The number of aromatic amines is 1. The summed E-state index contributed by atoms with van der Waals surface area (Å²) in [6, 6.07) is 26.5.